The van der Waals surface area contributed by atoms with E-state index < -0.39 is 16.1 Å². The number of sulfonamides is 1. The van der Waals surface area contributed by atoms with E-state index in [0.29, 0.717) is 15.6 Å². The lowest BCUT2D eigenvalue weighted by Gasteiger charge is -2.21. The first kappa shape index (κ1) is 15.8. The summed E-state index contributed by atoms with van der Waals surface area (Å²) in [5, 5.41) is 0. The van der Waals surface area contributed by atoms with Crippen LogP contribution >= 0.6 is 0 Å². The molecule has 0 aromatic heterocycles. The minimum Gasteiger partial charge on any atom is -0.497 e. The third kappa shape index (κ3) is 2.89. The number of urea groups is 1. The topological polar surface area (TPSA) is 89.7 Å². The van der Waals surface area contributed by atoms with Crippen LogP contribution < -0.4 is 14.8 Å². The second-order valence-electron chi connectivity index (χ2n) is 4.57. The van der Waals surface area contributed by atoms with Crippen molar-refractivity contribution in [3.8, 4) is 5.75 Å². The van der Waals surface area contributed by atoms with Gasteiger partial charge in [-0.3, -0.25) is 0 Å². The Kier molecular flexibility index (Phi) is 4.37. The number of nitrogens with two attached hydrogens (primary N) is 1. The van der Waals surface area contributed by atoms with Gasteiger partial charge < -0.3 is 10.5 Å². The number of hydrogen-bond donors (Lipinski definition) is 1. The summed E-state index contributed by atoms with van der Waals surface area (Å²) in [5.74, 6) is 0.543. The van der Waals surface area contributed by atoms with Gasteiger partial charge in [-0.15, -0.1) is 0 Å². The summed E-state index contributed by atoms with van der Waals surface area (Å²) in [4.78, 5) is 11.8. The monoisotopic (exact) mass is 320 g/mol. The number of benzene rings is 2. The van der Waals surface area contributed by atoms with Gasteiger partial charge in [-0.05, 0) is 42.8 Å². The van der Waals surface area contributed by atoms with Gasteiger partial charge in [0.1, 0.15) is 5.75 Å². The van der Waals surface area contributed by atoms with Gasteiger partial charge in [0.15, 0.2) is 0 Å². The minimum absolute atomic E-state index is 0.0321. The Morgan fingerprint density at radius 3 is 2.18 bits per heavy atom. The number of primary amides is 1. The third-order valence-corrected chi connectivity index (χ3v) is 5.00. The molecule has 7 heteroatoms. The summed E-state index contributed by atoms with van der Waals surface area (Å²) in [6.45, 7) is 1.65. The molecule has 0 aliphatic carbocycles. The van der Waals surface area contributed by atoms with E-state index >= 15 is 0 Å². The van der Waals surface area contributed by atoms with Crippen LogP contribution in [0.3, 0.4) is 0 Å². The maximum atomic E-state index is 12.7. The number of rotatable bonds is 4. The van der Waals surface area contributed by atoms with E-state index in [1.807, 2.05) is 0 Å². The number of carbonyl (C=O) groups is 1. The van der Waals surface area contributed by atoms with Crippen LogP contribution in [0.25, 0.3) is 0 Å². The van der Waals surface area contributed by atoms with Gasteiger partial charge in [0, 0.05) is 0 Å². The molecule has 0 aliphatic heterocycles. The number of hydrogen-bond acceptors (Lipinski definition) is 4. The van der Waals surface area contributed by atoms with Crippen LogP contribution in [0.1, 0.15) is 5.56 Å². The molecule has 6 nitrogen and oxygen atoms in total. The predicted octanol–water partition coefficient (Wildman–Crippen LogP) is 2.28. The van der Waals surface area contributed by atoms with Crippen LogP contribution in [0.5, 0.6) is 5.75 Å². The molecule has 0 fully saturated rings. The molecule has 2 aromatic carbocycles. The Morgan fingerprint density at radius 2 is 1.68 bits per heavy atom. The number of methoxy groups -OCH3 is 1. The van der Waals surface area contributed by atoms with Crippen LogP contribution in [-0.2, 0) is 10.0 Å². The molecule has 0 saturated carbocycles. The Labute approximate surface area is 129 Å². The van der Waals surface area contributed by atoms with Gasteiger partial charge >= 0.3 is 6.03 Å². The van der Waals surface area contributed by atoms with Crippen molar-refractivity contribution in [3.63, 3.8) is 0 Å². The van der Waals surface area contributed by atoms with Crippen LogP contribution in [0.2, 0.25) is 0 Å². The van der Waals surface area contributed by atoms with Crippen LogP contribution in [0.15, 0.2) is 53.4 Å². The first-order chi connectivity index (χ1) is 10.4. The lowest BCUT2D eigenvalue weighted by atomic mass is 10.2. The fraction of sp³-hybridized carbons (Fsp3) is 0.133. The SMILES string of the molecule is COc1ccc(N(C(N)=O)S(=O)(=O)c2ccccc2C)cc1. The van der Waals surface area contributed by atoms with Crippen LogP contribution in [-0.4, -0.2) is 21.6 Å². The molecule has 2 amide bonds. The summed E-state index contributed by atoms with van der Waals surface area (Å²) in [6.07, 6.45) is 0. The van der Waals surface area contributed by atoms with Gasteiger partial charge in [0.25, 0.3) is 10.0 Å². The first-order valence-electron chi connectivity index (χ1n) is 6.42. The van der Waals surface area contributed by atoms with Crippen LogP contribution in [0, 0.1) is 6.92 Å². The number of nitrogens with zero attached hydrogens (tertiary/aromatic N) is 1. The Bertz CT molecular complexity index is 785. The molecule has 0 atom stereocenters. The highest BCUT2D eigenvalue weighted by Gasteiger charge is 2.30. The van der Waals surface area contributed by atoms with Crippen molar-refractivity contribution in [2.75, 3.05) is 11.4 Å². The van der Waals surface area contributed by atoms with Gasteiger partial charge in [0.05, 0.1) is 17.7 Å². The van der Waals surface area contributed by atoms with Crippen molar-refractivity contribution in [3.05, 3.63) is 54.1 Å². The summed E-state index contributed by atoms with van der Waals surface area (Å²) in [7, 11) is -2.59. The number of amides is 2. The molecule has 2 aromatic rings. The molecule has 0 aliphatic rings. The number of aryl methyl sites for hydroxylation is 1. The molecule has 0 saturated heterocycles. The van der Waals surface area contributed by atoms with E-state index in [9.17, 15) is 13.2 Å². The normalized spacial score (nSPS) is 11.0. The van der Waals surface area contributed by atoms with E-state index in [1.165, 1.54) is 25.3 Å². The van der Waals surface area contributed by atoms with Crippen molar-refractivity contribution in [2.24, 2.45) is 5.73 Å². The van der Waals surface area contributed by atoms with Crippen molar-refractivity contribution < 1.29 is 17.9 Å². The Hall–Kier alpha value is -2.54. The van der Waals surface area contributed by atoms with Gasteiger partial charge in [-0.1, -0.05) is 18.2 Å². The summed E-state index contributed by atoms with van der Waals surface area (Å²) < 4.78 is 31.1. The van der Waals surface area contributed by atoms with Crippen molar-refractivity contribution in [1.82, 2.24) is 0 Å². The van der Waals surface area contributed by atoms with Gasteiger partial charge in [-0.2, -0.15) is 4.31 Å². The largest absolute Gasteiger partial charge is 0.497 e. The van der Waals surface area contributed by atoms with Crippen molar-refractivity contribution in [1.29, 1.82) is 0 Å². The van der Waals surface area contributed by atoms with E-state index in [2.05, 4.69) is 0 Å². The molecule has 2 N–H and O–H groups in total. The summed E-state index contributed by atoms with van der Waals surface area (Å²) in [6, 6.07) is 11.3. The lowest BCUT2D eigenvalue weighted by molar-refractivity contribution is 0.257. The molecule has 22 heavy (non-hydrogen) atoms. The first-order valence-corrected chi connectivity index (χ1v) is 7.86. The quantitative estimate of drug-likeness (QED) is 0.935. The average molecular weight is 320 g/mol. The molecular weight excluding hydrogens is 304 g/mol. The molecule has 0 heterocycles. The molecule has 2 rings (SSSR count). The maximum Gasteiger partial charge on any atom is 0.333 e. The minimum atomic E-state index is -4.09. The Balaban J connectivity index is 2.56. The van der Waals surface area contributed by atoms with Crippen molar-refractivity contribution >= 4 is 21.7 Å². The van der Waals surface area contributed by atoms with E-state index in [0.717, 1.165) is 0 Å². The fourth-order valence-corrected chi connectivity index (χ4v) is 3.60. The second-order valence-corrected chi connectivity index (χ2v) is 6.33. The highest BCUT2D eigenvalue weighted by Crippen LogP contribution is 2.27. The zero-order valence-electron chi connectivity index (χ0n) is 12.2. The number of anilines is 1. The molecule has 0 bridgehead atoms. The highest BCUT2D eigenvalue weighted by molar-refractivity contribution is 7.93. The molecule has 0 unspecified atom stereocenters. The molecular formula is C15H16N2O4S. The Morgan fingerprint density at radius 1 is 1.09 bits per heavy atom. The summed E-state index contributed by atoms with van der Waals surface area (Å²) >= 11 is 0. The van der Waals surface area contributed by atoms with Gasteiger partial charge in [-0.25, -0.2) is 13.2 Å². The fourth-order valence-electron chi connectivity index (χ4n) is 2.05. The van der Waals surface area contributed by atoms with Gasteiger partial charge in [0.2, 0.25) is 0 Å². The number of ether oxygens (including phenoxy) is 1. The predicted molar refractivity (Wildman–Crippen MR) is 83.4 cm³/mol. The van der Waals surface area contributed by atoms with Crippen LogP contribution in [0.4, 0.5) is 10.5 Å². The lowest BCUT2D eigenvalue weighted by Crippen LogP contribution is -2.41. The zero-order chi connectivity index (χ0) is 16.3. The molecule has 116 valence electrons. The van der Waals surface area contributed by atoms with E-state index in [1.54, 1.807) is 37.3 Å². The second kappa shape index (κ2) is 6.07. The van der Waals surface area contributed by atoms with E-state index in [4.69, 9.17) is 10.5 Å². The van der Waals surface area contributed by atoms with E-state index in [-0.39, 0.29) is 10.6 Å². The third-order valence-electron chi connectivity index (χ3n) is 3.12. The highest BCUT2D eigenvalue weighted by atomic mass is 32.2. The molecule has 0 radical (unpaired) electrons. The average Bonchev–Trinajstić information content (AvgIpc) is 2.47. The zero-order valence-corrected chi connectivity index (χ0v) is 13.0. The van der Waals surface area contributed by atoms with Crippen molar-refractivity contribution in [2.45, 2.75) is 11.8 Å². The maximum absolute atomic E-state index is 12.7. The standard InChI is InChI=1S/C15H16N2O4S/c1-11-5-3-4-6-14(11)22(19,20)17(15(16)18)12-7-9-13(21-2)10-8-12/h3-10H,1-2H3,(H2,16,18). The summed E-state index contributed by atoms with van der Waals surface area (Å²) in [5.41, 5.74) is 5.97. The smallest absolute Gasteiger partial charge is 0.333 e. The number of carbonyl (C=O) groups excluding carboxylic acids is 1. The molecule has 0 spiro atoms.